The van der Waals surface area contributed by atoms with E-state index in [4.69, 9.17) is 0 Å². The van der Waals surface area contributed by atoms with Gasteiger partial charge in [0.05, 0.1) is 0 Å². The van der Waals surface area contributed by atoms with Crippen LogP contribution in [0.2, 0.25) is 0 Å². The van der Waals surface area contributed by atoms with E-state index in [0.717, 1.165) is 29.3 Å². The van der Waals surface area contributed by atoms with Crippen LogP contribution in [0.25, 0.3) is 0 Å². The number of hydrogen-bond acceptors (Lipinski definition) is 3. The predicted molar refractivity (Wildman–Crippen MR) is 84.8 cm³/mol. The molecule has 1 heterocycles. The first kappa shape index (κ1) is 14.2. The molecule has 0 aromatic heterocycles. The minimum absolute atomic E-state index is 0.811. The summed E-state index contributed by atoms with van der Waals surface area (Å²) in [4.78, 5) is 0. The third-order valence-corrected chi connectivity index (χ3v) is 6.65. The summed E-state index contributed by atoms with van der Waals surface area (Å²) in [6.07, 6.45) is 11.4. The Labute approximate surface area is 122 Å². The van der Waals surface area contributed by atoms with Crippen LogP contribution in [0.5, 0.6) is 0 Å². The van der Waals surface area contributed by atoms with Crippen LogP contribution in [0.1, 0.15) is 58.3 Å². The molecule has 0 spiro atoms. The zero-order valence-electron chi connectivity index (χ0n) is 12.4. The van der Waals surface area contributed by atoms with Gasteiger partial charge >= 0.3 is 0 Å². The summed E-state index contributed by atoms with van der Waals surface area (Å²) < 4.78 is 0. The maximum atomic E-state index is 4.04. The average molecular weight is 282 g/mol. The molecule has 2 aliphatic carbocycles. The van der Waals surface area contributed by atoms with Crippen molar-refractivity contribution in [2.45, 2.75) is 81.7 Å². The van der Waals surface area contributed by atoms with Crippen molar-refractivity contribution in [1.82, 2.24) is 10.6 Å². The van der Waals surface area contributed by atoms with Crippen LogP contribution in [0.3, 0.4) is 0 Å². The molecule has 5 atom stereocenters. The first-order chi connectivity index (χ1) is 9.36. The van der Waals surface area contributed by atoms with E-state index >= 15 is 0 Å². The van der Waals surface area contributed by atoms with Gasteiger partial charge < -0.3 is 10.6 Å². The molecule has 3 heteroatoms. The summed E-state index contributed by atoms with van der Waals surface area (Å²) in [6, 6.07) is 2.45. The number of nitrogens with one attached hydrogen (secondary N) is 2. The zero-order valence-corrected chi connectivity index (χ0v) is 13.2. The fraction of sp³-hybridized carbons (Fsp3) is 1.00. The third-order valence-electron chi connectivity index (χ3n) is 5.42. The molecule has 2 N–H and O–H groups in total. The van der Waals surface area contributed by atoms with Crippen LogP contribution in [0.15, 0.2) is 0 Å². The maximum absolute atomic E-state index is 4.04. The zero-order chi connectivity index (χ0) is 13.1. The van der Waals surface area contributed by atoms with E-state index in [0.29, 0.717) is 0 Å². The molecule has 3 fully saturated rings. The van der Waals surface area contributed by atoms with Gasteiger partial charge in [-0.2, -0.15) is 11.8 Å². The van der Waals surface area contributed by atoms with Gasteiger partial charge in [-0.25, -0.2) is 0 Å². The topological polar surface area (TPSA) is 24.1 Å². The molecule has 19 heavy (non-hydrogen) atoms. The van der Waals surface area contributed by atoms with Crippen molar-refractivity contribution >= 4 is 11.8 Å². The molecular formula is C16H30N2S. The van der Waals surface area contributed by atoms with Gasteiger partial charge in [-0.15, -0.1) is 0 Å². The van der Waals surface area contributed by atoms with E-state index in [1.807, 2.05) is 0 Å². The minimum Gasteiger partial charge on any atom is -0.314 e. The molecule has 0 amide bonds. The molecule has 110 valence electrons. The second-order valence-corrected chi connectivity index (χ2v) is 8.24. The van der Waals surface area contributed by atoms with Crippen molar-refractivity contribution in [3.8, 4) is 0 Å². The van der Waals surface area contributed by atoms with Crippen LogP contribution < -0.4 is 10.6 Å². The second-order valence-electron chi connectivity index (χ2n) is 6.66. The number of hydrogen-bond donors (Lipinski definition) is 2. The van der Waals surface area contributed by atoms with Crippen molar-refractivity contribution in [2.24, 2.45) is 5.92 Å². The normalized spacial score (nSPS) is 43.1. The summed E-state index contributed by atoms with van der Waals surface area (Å²) in [5.74, 6) is 2.20. The van der Waals surface area contributed by atoms with Gasteiger partial charge in [0.1, 0.15) is 0 Å². The van der Waals surface area contributed by atoms with Gasteiger partial charge in [-0.1, -0.05) is 13.3 Å². The quantitative estimate of drug-likeness (QED) is 0.810. The molecule has 0 radical (unpaired) electrons. The van der Waals surface area contributed by atoms with Crippen molar-refractivity contribution in [3.63, 3.8) is 0 Å². The van der Waals surface area contributed by atoms with Crippen LogP contribution >= 0.6 is 11.8 Å². The molecule has 1 saturated heterocycles. The van der Waals surface area contributed by atoms with E-state index in [2.05, 4.69) is 29.3 Å². The molecule has 0 bridgehead atoms. The predicted octanol–water partition coefficient (Wildman–Crippen LogP) is 3.17. The SMILES string of the molecule is CCSC1CCC(NC2CCCC2C2CCCN2)C1. The summed E-state index contributed by atoms with van der Waals surface area (Å²) in [5, 5.41) is 8.72. The Balaban J connectivity index is 1.48. The fourth-order valence-electron chi connectivity index (χ4n) is 4.54. The average Bonchev–Trinajstić information content (AvgIpc) is 3.11. The molecule has 0 aromatic rings. The standard InChI is InChI=1S/C16H30N2S/c1-2-19-13-9-8-12(11-13)18-16-6-3-5-14(16)15-7-4-10-17-15/h12-18H,2-11H2,1H3. The molecular weight excluding hydrogens is 252 g/mol. The van der Waals surface area contributed by atoms with Crippen molar-refractivity contribution in [3.05, 3.63) is 0 Å². The van der Waals surface area contributed by atoms with E-state index in [9.17, 15) is 0 Å². The van der Waals surface area contributed by atoms with Crippen molar-refractivity contribution in [1.29, 1.82) is 0 Å². The molecule has 5 unspecified atom stereocenters. The molecule has 1 aliphatic heterocycles. The Morgan fingerprint density at radius 2 is 2.05 bits per heavy atom. The van der Waals surface area contributed by atoms with E-state index in [-0.39, 0.29) is 0 Å². The molecule has 2 nitrogen and oxygen atoms in total. The summed E-state index contributed by atoms with van der Waals surface area (Å²) in [6.45, 7) is 3.55. The lowest BCUT2D eigenvalue weighted by Gasteiger charge is -2.29. The lowest BCUT2D eigenvalue weighted by atomic mass is 9.92. The van der Waals surface area contributed by atoms with Crippen molar-refractivity contribution in [2.75, 3.05) is 12.3 Å². The molecule has 3 rings (SSSR count). The maximum Gasteiger partial charge on any atom is 0.0113 e. The second kappa shape index (κ2) is 6.82. The van der Waals surface area contributed by atoms with Gasteiger partial charge in [0.2, 0.25) is 0 Å². The lowest BCUT2D eigenvalue weighted by Crippen LogP contribution is -2.45. The van der Waals surface area contributed by atoms with E-state index in [1.54, 1.807) is 0 Å². The Hall–Kier alpha value is 0.270. The van der Waals surface area contributed by atoms with Gasteiger partial charge in [0.25, 0.3) is 0 Å². The smallest absolute Gasteiger partial charge is 0.0113 e. The Bertz CT molecular complexity index is 278. The Morgan fingerprint density at radius 3 is 2.84 bits per heavy atom. The first-order valence-corrected chi connectivity index (χ1v) is 9.52. The van der Waals surface area contributed by atoms with Crippen LogP contribution in [-0.4, -0.2) is 35.7 Å². The number of thioether (sulfide) groups is 1. The first-order valence-electron chi connectivity index (χ1n) is 8.48. The lowest BCUT2D eigenvalue weighted by molar-refractivity contribution is 0.298. The largest absolute Gasteiger partial charge is 0.314 e. The molecule has 2 saturated carbocycles. The third kappa shape index (κ3) is 3.48. The highest BCUT2D eigenvalue weighted by Crippen LogP contribution is 2.35. The highest BCUT2D eigenvalue weighted by Gasteiger charge is 2.37. The van der Waals surface area contributed by atoms with Gasteiger partial charge in [-0.05, 0) is 63.2 Å². The highest BCUT2D eigenvalue weighted by molar-refractivity contribution is 7.99. The summed E-state index contributed by atoms with van der Waals surface area (Å²) in [5.41, 5.74) is 0. The molecule has 3 aliphatic rings. The van der Waals surface area contributed by atoms with E-state index < -0.39 is 0 Å². The van der Waals surface area contributed by atoms with Crippen LogP contribution in [-0.2, 0) is 0 Å². The number of rotatable bonds is 5. The van der Waals surface area contributed by atoms with Gasteiger partial charge in [-0.3, -0.25) is 0 Å². The Morgan fingerprint density at radius 1 is 1.11 bits per heavy atom. The Kier molecular flexibility index (Phi) is 5.10. The van der Waals surface area contributed by atoms with Crippen LogP contribution in [0, 0.1) is 5.92 Å². The van der Waals surface area contributed by atoms with E-state index in [1.165, 1.54) is 63.7 Å². The minimum atomic E-state index is 0.811. The highest BCUT2D eigenvalue weighted by atomic mass is 32.2. The summed E-state index contributed by atoms with van der Waals surface area (Å²) >= 11 is 2.17. The van der Waals surface area contributed by atoms with Gasteiger partial charge in [0, 0.05) is 23.4 Å². The summed E-state index contributed by atoms with van der Waals surface area (Å²) in [7, 11) is 0. The van der Waals surface area contributed by atoms with Crippen LogP contribution in [0.4, 0.5) is 0 Å². The van der Waals surface area contributed by atoms with Gasteiger partial charge in [0.15, 0.2) is 0 Å². The van der Waals surface area contributed by atoms with Crippen molar-refractivity contribution < 1.29 is 0 Å². The monoisotopic (exact) mass is 282 g/mol. The molecule has 0 aromatic carbocycles. The fourth-order valence-corrected chi connectivity index (χ4v) is 5.68.